The Hall–Kier alpha value is -1.31. The molecule has 0 spiro atoms. The van der Waals surface area contributed by atoms with Crippen molar-refractivity contribution >= 4 is 5.97 Å². The van der Waals surface area contributed by atoms with Gasteiger partial charge in [-0.25, -0.2) is 0 Å². The fourth-order valence-corrected chi connectivity index (χ4v) is 4.75. The first-order valence-electron chi connectivity index (χ1n) is 10.8. The van der Waals surface area contributed by atoms with Crippen LogP contribution in [-0.2, 0) is 14.3 Å². The molecule has 4 unspecified atom stereocenters. The van der Waals surface area contributed by atoms with E-state index >= 15 is 17.6 Å². The first kappa shape index (κ1) is 28.9. The predicted molar refractivity (Wildman–Crippen MR) is 95.9 cm³/mol. The molecule has 0 radical (unpaired) electrons. The molecule has 4 nitrogen and oxygen atoms in total. The molecular formula is C20H26F10O4. The average Bonchev–Trinajstić information content (AvgIpc) is 2.72. The molecule has 0 aromatic heterocycles. The van der Waals surface area contributed by atoms with Gasteiger partial charge in [-0.05, 0) is 25.7 Å². The number of ether oxygens (including phenoxy) is 2. The highest BCUT2D eigenvalue weighted by atomic mass is 19.4. The number of alkyl halides is 10. The van der Waals surface area contributed by atoms with Gasteiger partial charge in [-0.1, -0.05) is 40.0 Å². The Morgan fingerprint density at radius 1 is 0.971 bits per heavy atom. The molecule has 34 heavy (non-hydrogen) atoms. The van der Waals surface area contributed by atoms with Crippen molar-refractivity contribution in [1.82, 2.24) is 0 Å². The summed E-state index contributed by atoms with van der Waals surface area (Å²) in [6.07, 6.45) is -16.6. The summed E-state index contributed by atoms with van der Waals surface area (Å²) in [6, 6.07) is 0. The topological polar surface area (TPSA) is 55.8 Å². The van der Waals surface area contributed by atoms with E-state index in [1.54, 1.807) is 0 Å². The van der Waals surface area contributed by atoms with Crippen LogP contribution in [0.2, 0.25) is 0 Å². The second kappa shape index (κ2) is 8.67. The third kappa shape index (κ3) is 3.60. The summed E-state index contributed by atoms with van der Waals surface area (Å²) in [4.78, 5) is 12.5. The van der Waals surface area contributed by atoms with Gasteiger partial charge in [-0.15, -0.1) is 0 Å². The van der Waals surface area contributed by atoms with Gasteiger partial charge >= 0.3 is 36.0 Å². The van der Waals surface area contributed by atoms with Gasteiger partial charge in [0.25, 0.3) is 0 Å². The van der Waals surface area contributed by atoms with E-state index in [1.807, 2.05) is 0 Å². The standard InChI is InChI=1S/C20H26F10O4/c1-4-11(3)13(31)33-15(12-9-7-6-8-10-12)16(21,22)14(5-2,19(25,26)27)34-18(32,17(15,23)24)20(28,29)30/h11-12,32H,4-10H2,1-3H3. The van der Waals surface area contributed by atoms with E-state index < -0.39 is 78.3 Å². The second-order valence-electron chi connectivity index (χ2n) is 8.87. The van der Waals surface area contributed by atoms with Crippen molar-refractivity contribution in [2.45, 2.75) is 107 Å². The van der Waals surface area contributed by atoms with Crippen molar-refractivity contribution in [3.63, 3.8) is 0 Å². The highest BCUT2D eigenvalue weighted by molar-refractivity contribution is 5.73. The van der Waals surface area contributed by atoms with Crippen molar-refractivity contribution in [1.29, 1.82) is 0 Å². The van der Waals surface area contributed by atoms with Crippen molar-refractivity contribution in [2.24, 2.45) is 11.8 Å². The molecule has 0 aromatic rings. The van der Waals surface area contributed by atoms with Crippen LogP contribution in [-0.4, -0.2) is 52.3 Å². The third-order valence-corrected chi connectivity index (χ3v) is 6.98. The first-order chi connectivity index (χ1) is 15.2. The molecule has 1 heterocycles. The average molecular weight is 520 g/mol. The maximum absolute atomic E-state index is 16.0. The molecule has 14 heteroatoms. The van der Waals surface area contributed by atoms with Gasteiger partial charge in [-0.3, -0.25) is 4.79 Å². The number of carbonyl (C=O) groups is 1. The summed E-state index contributed by atoms with van der Waals surface area (Å²) in [5.41, 5.74) is -10.3. The number of hydrogen-bond acceptors (Lipinski definition) is 4. The molecule has 1 aliphatic carbocycles. The molecule has 1 N–H and O–H groups in total. The Labute approximate surface area is 188 Å². The van der Waals surface area contributed by atoms with E-state index in [-0.39, 0.29) is 25.7 Å². The summed E-state index contributed by atoms with van der Waals surface area (Å²) < 4.78 is 155. The quantitative estimate of drug-likeness (QED) is 0.349. The highest BCUT2D eigenvalue weighted by Gasteiger charge is 2.97. The van der Waals surface area contributed by atoms with E-state index in [4.69, 9.17) is 0 Å². The van der Waals surface area contributed by atoms with Gasteiger partial charge in [0.05, 0.1) is 5.92 Å². The first-order valence-corrected chi connectivity index (χ1v) is 10.8. The van der Waals surface area contributed by atoms with Gasteiger partial charge in [-0.2, -0.15) is 43.9 Å². The number of rotatable bonds is 5. The molecule has 2 rings (SSSR count). The van der Waals surface area contributed by atoms with Gasteiger partial charge in [0.2, 0.25) is 11.2 Å². The zero-order chi connectivity index (χ0) is 26.6. The van der Waals surface area contributed by atoms with Gasteiger partial charge in [0, 0.05) is 5.92 Å². The van der Waals surface area contributed by atoms with Crippen LogP contribution in [0.15, 0.2) is 0 Å². The largest absolute Gasteiger partial charge is 0.449 e. The van der Waals surface area contributed by atoms with Crippen LogP contribution in [0.1, 0.15) is 65.7 Å². The predicted octanol–water partition coefficient (Wildman–Crippen LogP) is 6.16. The molecule has 2 fully saturated rings. The zero-order valence-corrected chi connectivity index (χ0v) is 18.6. The van der Waals surface area contributed by atoms with Crippen molar-refractivity contribution in [3.05, 3.63) is 0 Å². The Morgan fingerprint density at radius 2 is 1.47 bits per heavy atom. The second-order valence-corrected chi connectivity index (χ2v) is 8.87. The number of hydrogen-bond donors (Lipinski definition) is 1. The molecule has 200 valence electrons. The van der Waals surface area contributed by atoms with E-state index in [1.165, 1.54) is 6.92 Å². The Morgan fingerprint density at radius 3 is 1.85 bits per heavy atom. The monoisotopic (exact) mass is 520 g/mol. The molecule has 1 aliphatic heterocycles. The maximum atomic E-state index is 16.0. The van der Waals surface area contributed by atoms with Gasteiger partial charge in [0.15, 0.2) is 0 Å². The summed E-state index contributed by atoms with van der Waals surface area (Å²) in [5, 5.41) is 10.1. The number of carbonyl (C=O) groups excluding carboxylic acids is 1. The highest BCUT2D eigenvalue weighted by Crippen LogP contribution is 2.69. The van der Waals surface area contributed by atoms with E-state index in [9.17, 15) is 36.2 Å². The Kier molecular flexibility index (Phi) is 7.37. The molecular weight excluding hydrogens is 494 g/mol. The lowest BCUT2D eigenvalue weighted by atomic mass is 9.61. The third-order valence-electron chi connectivity index (χ3n) is 6.98. The molecule has 2 aliphatic rings. The van der Waals surface area contributed by atoms with Crippen LogP contribution in [0.3, 0.4) is 0 Å². The molecule has 1 saturated heterocycles. The summed E-state index contributed by atoms with van der Waals surface area (Å²) >= 11 is 0. The van der Waals surface area contributed by atoms with Gasteiger partial charge < -0.3 is 14.6 Å². The van der Waals surface area contributed by atoms with Crippen LogP contribution >= 0.6 is 0 Å². The van der Waals surface area contributed by atoms with E-state index in [0.29, 0.717) is 6.92 Å². The van der Waals surface area contributed by atoms with Crippen molar-refractivity contribution in [3.8, 4) is 0 Å². The van der Waals surface area contributed by atoms with E-state index in [2.05, 4.69) is 9.47 Å². The number of aliphatic hydroxyl groups is 1. The Bertz CT molecular complexity index is 761. The zero-order valence-electron chi connectivity index (χ0n) is 18.6. The molecule has 0 bridgehead atoms. The van der Waals surface area contributed by atoms with Crippen LogP contribution in [0.5, 0.6) is 0 Å². The summed E-state index contributed by atoms with van der Waals surface area (Å²) in [7, 11) is 0. The van der Waals surface area contributed by atoms with E-state index in [0.717, 1.165) is 6.92 Å². The molecule has 1 saturated carbocycles. The Balaban J connectivity index is 3.05. The van der Waals surface area contributed by atoms with Crippen LogP contribution in [0.4, 0.5) is 43.9 Å². The lowest BCUT2D eigenvalue weighted by Gasteiger charge is -2.62. The summed E-state index contributed by atoms with van der Waals surface area (Å²) in [5.74, 6) is -23.8. The van der Waals surface area contributed by atoms with Crippen LogP contribution < -0.4 is 0 Å². The minimum Gasteiger partial charge on any atom is -0.445 e. The van der Waals surface area contributed by atoms with Crippen LogP contribution in [0.25, 0.3) is 0 Å². The number of halogens is 10. The lowest BCUT2D eigenvalue weighted by Crippen LogP contribution is -2.89. The van der Waals surface area contributed by atoms with Crippen molar-refractivity contribution < 1.29 is 63.3 Å². The minimum absolute atomic E-state index is 0.101. The van der Waals surface area contributed by atoms with Crippen molar-refractivity contribution in [2.75, 3.05) is 0 Å². The molecule has 4 atom stereocenters. The summed E-state index contributed by atoms with van der Waals surface area (Å²) in [6.45, 7) is 2.68. The maximum Gasteiger partial charge on any atom is 0.449 e. The smallest absolute Gasteiger partial charge is 0.445 e. The number of esters is 1. The molecule has 0 aromatic carbocycles. The minimum atomic E-state index is -6.68. The fourth-order valence-electron chi connectivity index (χ4n) is 4.75. The normalized spacial score (nSPS) is 35.6. The van der Waals surface area contributed by atoms with Gasteiger partial charge in [0.1, 0.15) is 0 Å². The fraction of sp³-hybridized carbons (Fsp3) is 0.950. The lowest BCUT2D eigenvalue weighted by molar-refractivity contribution is -0.563. The SMILES string of the molecule is CCC(C)C(=O)OC1(C2CCCCC2)C(F)(F)C(O)(C(F)(F)F)OC(CC)(C(F)(F)F)C1(F)F. The van der Waals surface area contributed by atoms with Crippen LogP contribution in [0, 0.1) is 11.8 Å². The molecule has 0 amide bonds.